The summed E-state index contributed by atoms with van der Waals surface area (Å²) in [7, 11) is 0. The summed E-state index contributed by atoms with van der Waals surface area (Å²) >= 11 is 4.24. The van der Waals surface area contributed by atoms with Gasteiger partial charge >= 0.3 is 0 Å². The van der Waals surface area contributed by atoms with Gasteiger partial charge in [0.25, 0.3) is 0 Å². The van der Waals surface area contributed by atoms with E-state index in [0.29, 0.717) is 0 Å². The molecule has 0 fully saturated rings. The van der Waals surface area contributed by atoms with E-state index in [1.165, 1.54) is 43.8 Å². The lowest BCUT2D eigenvalue weighted by molar-refractivity contribution is 1.50. The molecule has 0 amide bonds. The zero-order valence-electron chi connectivity index (χ0n) is 23.1. The first kappa shape index (κ1) is 34.1. The summed E-state index contributed by atoms with van der Waals surface area (Å²) in [6.45, 7) is 16.0. The largest absolute Gasteiger partial charge is 0.0683 e. The summed E-state index contributed by atoms with van der Waals surface area (Å²) in [6.07, 6.45) is 0. The van der Waals surface area contributed by atoms with Crippen LogP contribution in [0.15, 0.2) is 109 Å². The van der Waals surface area contributed by atoms with Crippen LogP contribution in [0.5, 0.6) is 0 Å². The van der Waals surface area contributed by atoms with E-state index < -0.39 is 0 Å². The van der Waals surface area contributed by atoms with Crippen molar-refractivity contribution >= 4 is 58.8 Å². The molecule has 5 aromatic rings. The van der Waals surface area contributed by atoms with Crippen molar-refractivity contribution in [3.63, 3.8) is 0 Å². The van der Waals surface area contributed by atoms with E-state index in [9.17, 15) is 0 Å². The van der Waals surface area contributed by atoms with E-state index in [1.54, 1.807) is 0 Å². The molecule has 0 unspecified atom stereocenters. The second-order valence-electron chi connectivity index (χ2n) is 6.57. The highest BCUT2D eigenvalue weighted by atomic mass is 128. The topological polar surface area (TPSA) is 0 Å². The minimum absolute atomic E-state index is 1.26. The van der Waals surface area contributed by atoms with Gasteiger partial charge in [0.05, 0.1) is 0 Å². The van der Waals surface area contributed by atoms with Crippen molar-refractivity contribution < 1.29 is 0 Å². The van der Waals surface area contributed by atoms with E-state index in [1.807, 2.05) is 55.4 Å². The van der Waals surface area contributed by atoms with Gasteiger partial charge in [0.15, 0.2) is 0 Å². The van der Waals surface area contributed by atoms with E-state index in [4.69, 9.17) is 0 Å². The van der Waals surface area contributed by atoms with Gasteiger partial charge in [0, 0.05) is 37.2 Å². The standard InChI is InChI=1S/C26H18.4C2H6.I2/c1-3-11-19(12-4-1)25-21-15-7-9-17-23(21)26(20-13-5-2-6-14-20)24-18-10-8-16-22(24)25;5*1-2/h1-18H;4*1-2H3;. The van der Waals surface area contributed by atoms with Gasteiger partial charge in [0.1, 0.15) is 0 Å². The Morgan fingerprint density at radius 1 is 0.306 bits per heavy atom. The van der Waals surface area contributed by atoms with Crippen molar-refractivity contribution in [3.8, 4) is 22.3 Å². The van der Waals surface area contributed by atoms with Crippen molar-refractivity contribution in [2.24, 2.45) is 0 Å². The SMILES string of the molecule is CC.CC.CC.CC.II.c1ccc(-c2c3ccccc3c(-c3ccccc3)c3ccccc23)cc1. The summed E-state index contributed by atoms with van der Waals surface area (Å²) in [6, 6.07) is 39.0. The summed E-state index contributed by atoms with van der Waals surface area (Å²) in [5.74, 6) is 0. The third kappa shape index (κ3) is 8.58. The first-order chi connectivity index (χ1) is 17.9. The maximum atomic E-state index is 2.25. The van der Waals surface area contributed by atoms with Crippen LogP contribution < -0.4 is 0 Å². The fourth-order valence-electron chi connectivity index (χ4n) is 3.96. The Kier molecular flexibility index (Phi) is 20.1. The molecule has 0 saturated carbocycles. The van der Waals surface area contributed by atoms with Gasteiger partial charge in [-0.15, -0.1) is 0 Å². The van der Waals surface area contributed by atoms with Crippen LogP contribution in [0, 0.1) is 0 Å². The zero-order valence-corrected chi connectivity index (χ0v) is 27.5. The third-order valence-corrected chi connectivity index (χ3v) is 5.06. The maximum absolute atomic E-state index is 2.25. The van der Waals surface area contributed by atoms with Gasteiger partial charge in [0.2, 0.25) is 0 Å². The van der Waals surface area contributed by atoms with Crippen molar-refractivity contribution in [1.29, 1.82) is 0 Å². The van der Waals surface area contributed by atoms with Crippen LogP contribution in [0.2, 0.25) is 0 Å². The molecular weight excluding hydrogens is 662 g/mol. The second-order valence-corrected chi connectivity index (χ2v) is 6.57. The summed E-state index contributed by atoms with van der Waals surface area (Å²) < 4.78 is 0. The Morgan fingerprint density at radius 2 is 0.500 bits per heavy atom. The number of fused-ring (bicyclic) bond motifs is 2. The monoisotopic (exact) mass is 704 g/mol. The van der Waals surface area contributed by atoms with E-state index >= 15 is 0 Å². The average molecular weight is 705 g/mol. The number of benzene rings is 5. The number of halogens is 2. The Balaban J connectivity index is 0.00000110. The van der Waals surface area contributed by atoms with Gasteiger partial charge in [-0.25, -0.2) is 0 Å². The molecule has 0 aliphatic rings. The fraction of sp³-hybridized carbons (Fsp3) is 0.235. The quantitative estimate of drug-likeness (QED) is 0.127. The molecule has 0 N–H and O–H groups in total. The van der Waals surface area contributed by atoms with E-state index in [-0.39, 0.29) is 0 Å². The number of hydrogen-bond acceptors (Lipinski definition) is 0. The predicted molar refractivity (Wildman–Crippen MR) is 186 cm³/mol. The van der Waals surface area contributed by atoms with Crippen LogP contribution in [-0.2, 0) is 0 Å². The van der Waals surface area contributed by atoms with E-state index in [2.05, 4.69) is 146 Å². The summed E-state index contributed by atoms with van der Waals surface area (Å²) in [5, 5.41) is 5.21. The molecule has 0 nitrogen and oxygen atoms in total. The predicted octanol–water partition coefficient (Wildman–Crippen LogP) is 13.2. The molecular formula is C34H42I2. The van der Waals surface area contributed by atoms with Crippen LogP contribution >= 0.6 is 37.2 Å². The Morgan fingerprint density at radius 3 is 0.722 bits per heavy atom. The molecule has 36 heavy (non-hydrogen) atoms. The molecule has 5 aromatic carbocycles. The Hall–Kier alpha value is -1.92. The highest BCUT2D eigenvalue weighted by molar-refractivity contribution is 15.0. The highest BCUT2D eigenvalue weighted by Crippen LogP contribution is 2.43. The fourth-order valence-corrected chi connectivity index (χ4v) is 3.96. The molecule has 0 atom stereocenters. The van der Waals surface area contributed by atoms with Crippen LogP contribution in [-0.4, -0.2) is 0 Å². The lowest BCUT2D eigenvalue weighted by atomic mass is 9.86. The molecule has 0 spiro atoms. The lowest BCUT2D eigenvalue weighted by Gasteiger charge is -2.17. The van der Waals surface area contributed by atoms with Crippen molar-refractivity contribution in [2.45, 2.75) is 55.4 Å². The molecule has 0 saturated heterocycles. The molecule has 0 aliphatic heterocycles. The minimum atomic E-state index is 1.26. The van der Waals surface area contributed by atoms with E-state index in [0.717, 1.165) is 0 Å². The molecule has 0 bridgehead atoms. The normalized spacial score (nSPS) is 8.83. The Bertz CT molecular complexity index is 1060. The molecule has 0 aromatic heterocycles. The van der Waals surface area contributed by atoms with Crippen LogP contribution in [0.1, 0.15) is 55.4 Å². The second kappa shape index (κ2) is 21.2. The molecule has 0 aliphatic carbocycles. The first-order valence-corrected chi connectivity index (χ1v) is 19.4. The molecule has 5 rings (SSSR count). The minimum Gasteiger partial charge on any atom is -0.0683 e. The van der Waals surface area contributed by atoms with Crippen LogP contribution in [0.25, 0.3) is 43.8 Å². The highest BCUT2D eigenvalue weighted by Gasteiger charge is 2.15. The molecule has 0 heterocycles. The number of rotatable bonds is 2. The maximum Gasteiger partial charge on any atom is 0 e. The van der Waals surface area contributed by atoms with Gasteiger partial charge in [-0.2, -0.15) is 0 Å². The van der Waals surface area contributed by atoms with Crippen LogP contribution in [0.3, 0.4) is 0 Å². The van der Waals surface area contributed by atoms with Gasteiger partial charge in [-0.3, -0.25) is 0 Å². The van der Waals surface area contributed by atoms with Crippen molar-refractivity contribution in [1.82, 2.24) is 0 Å². The van der Waals surface area contributed by atoms with Crippen LogP contribution in [0.4, 0.5) is 0 Å². The van der Waals surface area contributed by atoms with Gasteiger partial charge < -0.3 is 0 Å². The third-order valence-electron chi connectivity index (χ3n) is 5.06. The molecule has 192 valence electrons. The summed E-state index contributed by atoms with van der Waals surface area (Å²) in [4.78, 5) is 0. The average Bonchev–Trinajstić information content (AvgIpc) is 3.02. The Labute approximate surface area is 243 Å². The molecule has 2 heteroatoms. The smallest absolute Gasteiger partial charge is 0 e. The summed E-state index contributed by atoms with van der Waals surface area (Å²) in [5.41, 5.74) is 5.16. The molecule has 0 radical (unpaired) electrons. The van der Waals surface area contributed by atoms with Crippen molar-refractivity contribution in [2.75, 3.05) is 0 Å². The van der Waals surface area contributed by atoms with Crippen molar-refractivity contribution in [3.05, 3.63) is 109 Å². The number of hydrogen-bond donors (Lipinski definition) is 0. The zero-order chi connectivity index (χ0) is 27.3. The van der Waals surface area contributed by atoms with Gasteiger partial charge in [-0.1, -0.05) is 165 Å². The van der Waals surface area contributed by atoms with Gasteiger partial charge in [-0.05, 0) is 43.8 Å². The first-order valence-electron chi connectivity index (χ1n) is 13.1. The lowest BCUT2D eigenvalue weighted by Crippen LogP contribution is -1.90.